The molecule has 0 aromatic carbocycles. The van der Waals surface area contributed by atoms with Gasteiger partial charge in [-0.3, -0.25) is 9.78 Å². The fourth-order valence-corrected chi connectivity index (χ4v) is 1.53. The zero-order valence-corrected chi connectivity index (χ0v) is 11.0. The lowest BCUT2D eigenvalue weighted by Gasteiger charge is -2.16. The number of nitrogens with one attached hydrogen (secondary N) is 1. The molecule has 1 atom stereocenters. The molecule has 116 valence electrons. The first-order valence-electron chi connectivity index (χ1n) is 5.82. The van der Waals surface area contributed by atoms with Crippen molar-refractivity contribution in [2.75, 3.05) is 13.7 Å². The number of aromatic nitrogens is 1. The average molecular weight is 306 g/mol. The molecule has 1 aromatic rings. The van der Waals surface area contributed by atoms with E-state index in [0.29, 0.717) is 6.07 Å². The van der Waals surface area contributed by atoms with Crippen LogP contribution in [0.15, 0.2) is 18.3 Å². The van der Waals surface area contributed by atoms with Gasteiger partial charge in [0.2, 0.25) is 0 Å². The fourth-order valence-electron chi connectivity index (χ4n) is 1.53. The Kier molecular flexibility index (Phi) is 5.65. The number of carboxylic acids is 1. The Balaban J connectivity index is 2.96. The third kappa shape index (κ3) is 4.71. The molecule has 0 saturated carbocycles. The lowest BCUT2D eigenvalue weighted by Crippen LogP contribution is -2.42. The molecule has 0 saturated heterocycles. The van der Waals surface area contributed by atoms with E-state index in [1.54, 1.807) is 0 Å². The summed E-state index contributed by atoms with van der Waals surface area (Å²) < 4.78 is 42.9. The van der Waals surface area contributed by atoms with Gasteiger partial charge in [0.15, 0.2) is 0 Å². The summed E-state index contributed by atoms with van der Waals surface area (Å²) in [4.78, 5) is 26.1. The SMILES string of the molecule is COCCC(NC(=O)c1ncccc1C(F)(F)F)C(=O)O. The Morgan fingerprint density at radius 2 is 2.14 bits per heavy atom. The lowest BCUT2D eigenvalue weighted by atomic mass is 10.1. The van der Waals surface area contributed by atoms with Crippen LogP contribution in [0.5, 0.6) is 0 Å². The van der Waals surface area contributed by atoms with Crippen LogP contribution in [-0.4, -0.2) is 41.7 Å². The maximum Gasteiger partial charge on any atom is 0.418 e. The summed E-state index contributed by atoms with van der Waals surface area (Å²) in [7, 11) is 1.33. The van der Waals surface area contributed by atoms with Gasteiger partial charge in [-0.25, -0.2) is 4.79 Å². The number of carbonyl (C=O) groups excluding carboxylic acids is 1. The second-order valence-electron chi connectivity index (χ2n) is 4.04. The van der Waals surface area contributed by atoms with E-state index in [1.165, 1.54) is 7.11 Å². The first-order valence-corrected chi connectivity index (χ1v) is 5.82. The number of carbonyl (C=O) groups is 2. The smallest absolute Gasteiger partial charge is 0.418 e. The van der Waals surface area contributed by atoms with Gasteiger partial charge in [-0.2, -0.15) is 13.2 Å². The Morgan fingerprint density at radius 1 is 1.48 bits per heavy atom. The molecule has 1 amide bonds. The number of amides is 1. The standard InChI is InChI=1S/C12H13F3N2O4/c1-21-6-4-8(11(19)20)17-10(18)9-7(12(13,14)15)3-2-5-16-9/h2-3,5,8H,4,6H2,1H3,(H,17,18)(H,19,20). The van der Waals surface area contributed by atoms with Crippen molar-refractivity contribution in [1.82, 2.24) is 10.3 Å². The van der Waals surface area contributed by atoms with Crippen molar-refractivity contribution >= 4 is 11.9 Å². The average Bonchev–Trinajstić information content (AvgIpc) is 2.42. The molecule has 0 radical (unpaired) electrons. The molecule has 0 aliphatic carbocycles. The van der Waals surface area contributed by atoms with Gasteiger partial charge in [-0.15, -0.1) is 0 Å². The first kappa shape index (κ1) is 16.9. The van der Waals surface area contributed by atoms with Crippen molar-refractivity contribution in [1.29, 1.82) is 0 Å². The Bertz CT molecular complexity index is 519. The number of rotatable bonds is 6. The van der Waals surface area contributed by atoms with E-state index in [4.69, 9.17) is 5.11 Å². The van der Waals surface area contributed by atoms with Gasteiger partial charge in [0, 0.05) is 26.3 Å². The molecular weight excluding hydrogens is 293 g/mol. The molecule has 0 aliphatic rings. The molecule has 0 bridgehead atoms. The minimum Gasteiger partial charge on any atom is -0.480 e. The van der Waals surface area contributed by atoms with Crippen molar-refractivity contribution in [2.24, 2.45) is 0 Å². The number of hydrogen-bond acceptors (Lipinski definition) is 4. The number of methoxy groups -OCH3 is 1. The van der Waals surface area contributed by atoms with Crippen LogP contribution >= 0.6 is 0 Å². The number of ether oxygens (including phenoxy) is 1. The fraction of sp³-hybridized carbons (Fsp3) is 0.417. The quantitative estimate of drug-likeness (QED) is 0.827. The highest BCUT2D eigenvalue weighted by atomic mass is 19.4. The van der Waals surface area contributed by atoms with Crippen molar-refractivity contribution in [3.05, 3.63) is 29.6 Å². The van der Waals surface area contributed by atoms with Gasteiger partial charge in [0.1, 0.15) is 11.7 Å². The second kappa shape index (κ2) is 7.02. The lowest BCUT2D eigenvalue weighted by molar-refractivity contribution is -0.139. The number of halogens is 3. The molecule has 6 nitrogen and oxygen atoms in total. The number of hydrogen-bond donors (Lipinski definition) is 2. The second-order valence-corrected chi connectivity index (χ2v) is 4.04. The number of nitrogens with zero attached hydrogens (tertiary/aromatic N) is 1. The van der Waals surface area contributed by atoms with E-state index < -0.39 is 35.4 Å². The molecule has 0 aliphatic heterocycles. The van der Waals surface area contributed by atoms with Crippen molar-refractivity contribution in [3.8, 4) is 0 Å². The van der Waals surface area contributed by atoms with Gasteiger partial charge in [0.25, 0.3) is 5.91 Å². The topological polar surface area (TPSA) is 88.5 Å². The molecule has 1 unspecified atom stereocenters. The monoisotopic (exact) mass is 306 g/mol. The molecule has 9 heteroatoms. The molecule has 21 heavy (non-hydrogen) atoms. The highest BCUT2D eigenvalue weighted by Crippen LogP contribution is 2.30. The Hall–Kier alpha value is -2.16. The summed E-state index contributed by atoms with van der Waals surface area (Å²) in [6.07, 6.45) is -3.81. The zero-order valence-electron chi connectivity index (χ0n) is 11.0. The normalized spacial score (nSPS) is 12.8. The van der Waals surface area contributed by atoms with Gasteiger partial charge in [0.05, 0.1) is 5.56 Å². The summed E-state index contributed by atoms with van der Waals surface area (Å²) in [5.41, 5.74) is -2.09. The number of pyridine rings is 1. The van der Waals surface area contributed by atoms with E-state index in [0.717, 1.165) is 12.3 Å². The first-order chi connectivity index (χ1) is 9.77. The highest BCUT2D eigenvalue weighted by Gasteiger charge is 2.36. The van der Waals surface area contributed by atoms with E-state index in [1.807, 2.05) is 5.32 Å². The summed E-state index contributed by atoms with van der Waals surface area (Å²) in [6.45, 7) is 0.0333. The van der Waals surface area contributed by atoms with Crippen molar-refractivity contribution < 1.29 is 32.6 Å². The third-order valence-corrected chi connectivity index (χ3v) is 2.54. The zero-order chi connectivity index (χ0) is 16.0. The maximum absolute atomic E-state index is 12.8. The highest BCUT2D eigenvalue weighted by molar-refractivity contribution is 5.96. The van der Waals surface area contributed by atoms with Crippen LogP contribution in [0.25, 0.3) is 0 Å². The minimum absolute atomic E-state index is 0.0333. The van der Waals surface area contributed by atoms with Gasteiger partial charge < -0.3 is 15.2 Å². The number of carboxylic acid groups (broad SMARTS) is 1. The van der Waals surface area contributed by atoms with Crippen molar-refractivity contribution in [3.63, 3.8) is 0 Å². The van der Waals surface area contributed by atoms with E-state index in [2.05, 4.69) is 9.72 Å². The van der Waals surface area contributed by atoms with Crippen LogP contribution in [0.1, 0.15) is 22.5 Å². The summed E-state index contributed by atoms with van der Waals surface area (Å²) >= 11 is 0. The Labute approximate surface area is 117 Å². The van der Waals surface area contributed by atoms with Crippen LogP contribution in [0.3, 0.4) is 0 Å². The molecule has 2 N–H and O–H groups in total. The third-order valence-electron chi connectivity index (χ3n) is 2.54. The molecule has 0 fully saturated rings. The van der Waals surface area contributed by atoms with E-state index in [9.17, 15) is 22.8 Å². The summed E-state index contributed by atoms with van der Waals surface area (Å²) in [5, 5.41) is 10.9. The van der Waals surface area contributed by atoms with Crippen LogP contribution in [0.4, 0.5) is 13.2 Å². The van der Waals surface area contributed by atoms with E-state index in [-0.39, 0.29) is 13.0 Å². The van der Waals surface area contributed by atoms with Gasteiger partial charge >= 0.3 is 12.1 Å². The predicted octanol–water partition coefficient (Wildman–Crippen LogP) is 1.32. The van der Waals surface area contributed by atoms with Crippen LogP contribution in [0.2, 0.25) is 0 Å². The minimum atomic E-state index is -4.76. The predicted molar refractivity (Wildman–Crippen MR) is 64.6 cm³/mol. The largest absolute Gasteiger partial charge is 0.480 e. The summed E-state index contributed by atoms with van der Waals surface area (Å²) in [6, 6.07) is 0.381. The Morgan fingerprint density at radius 3 is 2.67 bits per heavy atom. The number of alkyl halides is 3. The molecular formula is C12H13F3N2O4. The van der Waals surface area contributed by atoms with Gasteiger partial charge in [-0.1, -0.05) is 0 Å². The summed E-state index contributed by atoms with van der Waals surface area (Å²) in [5.74, 6) is -2.57. The molecule has 0 spiro atoms. The maximum atomic E-state index is 12.8. The van der Waals surface area contributed by atoms with E-state index >= 15 is 0 Å². The van der Waals surface area contributed by atoms with Crippen LogP contribution < -0.4 is 5.32 Å². The number of aliphatic carboxylic acids is 1. The van der Waals surface area contributed by atoms with Gasteiger partial charge in [-0.05, 0) is 12.1 Å². The van der Waals surface area contributed by atoms with Crippen LogP contribution in [-0.2, 0) is 15.7 Å². The van der Waals surface area contributed by atoms with Crippen LogP contribution in [0, 0.1) is 0 Å². The molecule has 1 rings (SSSR count). The molecule has 1 aromatic heterocycles. The molecule has 1 heterocycles. The van der Waals surface area contributed by atoms with Crippen molar-refractivity contribution in [2.45, 2.75) is 18.6 Å².